The number of allylic oxidation sites excluding steroid dienone is 2. The molecule has 0 bridgehead atoms. The molecule has 0 aliphatic carbocycles. The number of ether oxygens (including phenoxy) is 1. The molecule has 0 aliphatic rings. The summed E-state index contributed by atoms with van der Waals surface area (Å²) in [5.41, 5.74) is 0. The van der Waals surface area contributed by atoms with Crippen molar-refractivity contribution in [1.29, 1.82) is 0 Å². The molecule has 3 nitrogen and oxygen atoms in total. The second-order valence-electron chi connectivity index (χ2n) is 6.66. The highest BCUT2D eigenvalue weighted by Gasteiger charge is 2.02. The minimum Gasteiger partial charge on any atom is -0.387 e. The van der Waals surface area contributed by atoms with E-state index in [1.54, 1.807) is 12.2 Å². The van der Waals surface area contributed by atoms with E-state index >= 15 is 0 Å². The van der Waals surface area contributed by atoms with Crippen molar-refractivity contribution in [2.45, 2.75) is 104 Å². The molecule has 0 saturated heterocycles. The first-order valence-electron chi connectivity index (χ1n) is 10.3. The highest BCUT2D eigenvalue weighted by Crippen LogP contribution is 2.08. The van der Waals surface area contributed by atoms with Crippen molar-refractivity contribution >= 4 is 11.9 Å². The number of unbranched alkanes of at least 4 members (excludes halogenated alkanes) is 12. The second kappa shape index (κ2) is 19.0. The van der Waals surface area contributed by atoms with Gasteiger partial charge in [-0.2, -0.15) is 0 Å². The first-order valence-corrected chi connectivity index (χ1v) is 10.3. The number of carbonyl (C=O) groups excluding carboxylic acids is 2. The summed E-state index contributed by atoms with van der Waals surface area (Å²) in [5, 5.41) is 0. The first-order chi connectivity index (χ1) is 12.2. The van der Waals surface area contributed by atoms with E-state index in [1.807, 2.05) is 0 Å². The lowest BCUT2D eigenvalue weighted by molar-refractivity contribution is -0.152. The molecular formula is C22H38O3. The first kappa shape index (κ1) is 23.6. The van der Waals surface area contributed by atoms with Gasteiger partial charge in [0, 0.05) is 12.2 Å². The average molecular weight is 351 g/mol. The fourth-order valence-corrected chi connectivity index (χ4v) is 2.61. The molecule has 0 amide bonds. The summed E-state index contributed by atoms with van der Waals surface area (Å²) in [5.74, 6) is -1.14. The van der Waals surface area contributed by atoms with Gasteiger partial charge >= 0.3 is 11.9 Å². The normalized spacial score (nSPS) is 11.4. The zero-order valence-electron chi connectivity index (χ0n) is 16.4. The third-order valence-electron chi connectivity index (χ3n) is 4.16. The van der Waals surface area contributed by atoms with Gasteiger partial charge in [0.15, 0.2) is 0 Å². The quantitative estimate of drug-likeness (QED) is 0.135. The smallest absolute Gasteiger partial charge is 0.338 e. The maximum Gasteiger partial charge on any atom is 0.338 e. The van der Waals surface area contributed by atoms with Gasteiger partial charge in [0.05, 0.1) is 0 Å². The molecule has 25 heavy (non-hydrogen) atoms. The fourth-order valence-electron chi connectivity index (χ4n) is 2.61. The van der Waals surface area contributed by atoms with Crippen molar-refractivity contribution in [1.82, 2.24) is 0 Å². The van der Waals surface area contributed by atoms with Crippen LogP contribution in [0, 0.1) is 0 Å². The van der Waals surface area contributed by atoms with Gasteiger partial charge in [-0.25, -0.2) is 9.59 Å². The van der Waals surface area contributed by atoms with Crippen molar-refractivity contribution in [3.8, 4) is 0 Å². The maximum atomic E-state index is 11.5. The van der Waals surface area contributed by atoms with Crippen LogP contribution in [0.4, 0.5) is 0 Å². The SMILES string of the molecule is CCCCCCCCC=CC(=O)OC(=O)C=CCCCCCCCC. The number of esters is 2. The van der Waals surface area contributed by atoms with E-state index < -0.39 is 11.9 Å². The van der Waals surface area contributed by atoms with Crippen LogP contribution in [0.15, 0.2) is 24.3 Å². The molecule has 0 aromatic rings. The summed E-state index contributed by atoms with van der Waals surface area (Å²) in [6, 6.07) is 0. The van der Waals surface area contributed by atoms with E-state index in [0.29, 0.717) is 0 Å². The van der Waals surface area contributed by atoms with Crippen LogP contribution in [0.2, 0.25) is 0 Å². The number of rotatable bonds is 16. The third-order valence-corrected chi connectivity index (χ3v) is 4.16. The molecule has 0 aliphatic heterocycles. The van der Waals surface area contributed by atoms with E-state index in [9.17, 15) is 9.59 Å². The average Bonchev–Trinajstić information content (AvgIpc) is 2.59. The van der Waals surface area contributed by atoms with E-state index in [2.05, 4.69) is 13.8 Å². The van der Waals surface area contributed by atoms with Crippen molar-refractivity contribution in [2.24, 2.45) is 0 Å². The molecule has 0 unspecified atom stereocenters. The summed E-state index contributed by atoms with van der Waals surface area (Å²) < 4.78 is 4.72. The monoisotopic (exact) mass is 350 g/mol. The van der Waals surface area contributed by atoms with Crippen LogP contribution < -0.4 is 0 Å². The lowest BCUT2D eigenvalue weighted by Crippen LogP contribution is -2.06. The van der Waals surface area contributed by atoms with Crippen LogP contribution in [0.3, 0.4) is 0 Å². The van der Waals surface area contributed by atoms with Crippen LogP contribution in [0.5, 0.6) is 0 Å². The predicted octanol–water partition coefficient (Wildman–Crippen LogP) is 6.67. The zero-order valence-corrected chi connectivity index (χ0v) is 16.4. The topological polar surface area (TPSA) is 43.4 Å². The molecule has 0 heterocycles. The van der Waals surface area contributed by atoms with Gasteiger partial charge in [0.1, 0.15) is 0 Å². The lowest BCUT2D eigenvalue weighted by Gasteiger charge is -1.98. The van der Waals surface area contributed by atoms with E-state index in [4.69, 9.17) is 4.74 Å². The Labute approximate surface area is 154 Å². The van der Waals surface area contributed by atoms with Gasteiger partial charge in [-0.05, 0) is 25.7 Å². The standard InChI is InChI=1S/C22H38O3/c1-3-5-7-9-11-13-15-17-19-21(23)25-22(24)20-18-16-14-12-10-8-6-4-2/h17-20H,3-16H2,1-2H3. The summed E-state index contributed by atoms with van der Waals surface area (Å²) >= 11 is 0. The van der Waals surface area contributed by atoms with E-state index in [-0.39, 0.29) is 0 Å². The molecule has 0 atom stereocenters. The van der Waals surface area contributed by atoms with Gasteiger partial charge in [-0.3, -0.25) is 0 Å². The van der Waals surface area contributed by atoms with Crippen molar-refractivity contribution in [2.75, 3.05) is 0 Å². The molecule has 0 N–H and O–H groups in total. The molecular weight excluding hydrogens is 312 g/mol. The second-order valence-corrected chi connectivity index (χ2v) is 6.66. The van der Waals surface area contributed by atoms with E-state index in [0.717, 1.165) is 25.7 Å². The summed E-state index contributed by atoms with van der Waals surface area (Å²) in [4.78, 5) is 23.0. The highest BCUT2D eigenvalue weighted by molar-refractivity contribution is 5.96. The molecule has 0 fully saturated rings. The van der Waals surface area contributed by atoms with Crippen LogP contribution in [-0.4, -0.2) is 11.9 Å². The Balaban J connectivity index is 3.58. The van der Waals surface area contributed by atoms with Crippen LogP contribution >= 0.6 is 0 Å². The molecule has 0 spiro atoms. The Morgan fingerprint density at radius 3 is 1.36 bits per heavy atom. The Morgan fingerprint density at radius 1 is 0.600 bits per heavy atom. The molecule has 0 rings (SSSR count). The van der Waals surface area contributed by atoms with Gasteiger partial charge in [-0.1, -0.05) is 90.2 Å². The molecule has 3 heteroatoms. The molecule has 0 aromatic carbocycles. The van der Waals surface area contributed by atoms with Crippen molar-refractivity contribution in [3.05, 3.63) is 24.3 Å². The van der Waals surface area contributed by atoms with Gasteiger partial charge in [0.25, 0.3) is 0 Å². The number of hydrogen-bond acceptors (Lipinski definition) is 3. The predicted molar refractivity (Wildman–Crippen MR) is 105 cm³/mol. The summed E-state index contributed by atoms with van der Waals surface area (Å²) in [6.45, 7) is 4.42. The van der Waals surface area contributed by atoms with Crippen molar-refractivity contribution in [3.63, 3.8) is 0 Å². The van der Waals surface area contributed by atoms with E-state index in [1.165, 1.54) is 76.4 Å². The minimum absolute atomic E-state index is 0.569. The number of hydrogen-bond donors (Lipinski definition) is 0. The lowest BCUT2D eigenvalue weighted by atomic mass is 10.1. The molecule has 144 valence electrons. The molecule has 0 radical (unpaired) electrons. The third kappa shape index (κ3) is 18.8. The van der Waals surface area contributed by atoms with Gasteiger partial charge in [-0.15, -0.1) is 0 Å². The Kier molecular flexibility index (Phi) is 17.9. The zero-order chi connectivity index (χ0) is 18.6. The Morgan fingerprint density at radius 2 is 0.960 bits per heavy atom. The Bertz CT molecular complexity index is 347. The largest absolute Gasteiger partial charge is 0.387 e. The van der Waals surface area contributed by atoms with Crippen LogP contribution in [0.25, 0.3) is 0 Å². The highest BCUT2D eigenvalue weighted by atomic mass is 16.6. The van der Waals surface area contributed by atoms with Gasteiger partial charge < -0.3 is 4.74 Å². The maximum absolute atomic E-state index is 11.5. The number of carbonyl (C=O) groups is 2. The molecule has 0 aromatic heterocycles. The van der Waals surface area contributed by atoms with Crippen LogP contribution in [0.1, 0.15) is 104 Å². The minimum atomic E-state index is -0.569. The Hall–Kier alpha value is -1.38. The summed E-state index contributed by atoms with van der Waals surface area (Å²) in [6.07, 6.45) is 22.8. The van der Waals surface area contributed by atoms with Crippen molar-refractivity contribution < 1.29 is 14.3 Å². The van der Waals surface area contributed by atoms with Gasteiger partial charge in [0.2, 0.25) is 0 Å². The fraction of sp³-hybridized carbons (Fsp3) is 0.727. The van der Waals surface area contributed by atoms with Crippen LogP contribution in [-0.2, 0) is 14.3 Å². The molecule has 0 saturated carbocycles. The summed E-state index contributed by atoms with van der Waals surface area (Å²) in [7, 11) is 0.